The van der Waals surface area contributed by atoms with Crippen molar-refractivity contribution in [3.05, 3.63) is 47.8 Å². The third-order valence-corrected chi connectivity index (χ3v) is 6.95. The second-order valence-electron chi connectivity index (χ2n) is 8.46. The van der Waals surface area contributed by atoms with Gasteiger partial charge in [-0.05, 0) is 73.8 Å². The molecule has 3 rings (SSSR count). The second kappa shape index (κ2) is 9.69. The number of hydrogen-bond acceptors (Lipinski definition) is 1. The lowest BCUT2D eigenvalue weighted by atomic mass is 9.68. The molecule has 0 aromatic heterocycles. The molecule has 2 aliphatic rings. The van der Waals surface area contributed by atoms with E-state index in [0.717, 1.165) is 17.8 Å². The van der Waals surface area contributed by atoms with E-state index in [0.29, 0.717) is 24.7 Å². The molecule has 0 N–H and O–H groups in total. The van der Waals surface area contributed by atoms with Gasteiger partial charge >= 0.3 is 0 Å². The third-order valence-electron chi connectivity index (χ3n) is 6.95. The predicted octanol–water partition coefficient (Wildman–Crippen LogP) is 7.02. The summed E-state index contributed by atoms with van der Waals surface area (Å²) in [5.41, 5.74) is 1.83. The van der Waals surface area contributed by atoms with Crippen molar-refractivity contribution in [2.45, 2.75) is 77.2 Å². The molecule has 1 aromatic rings. The summed E-state index contributed by atoms with van der Waals surface area (Å²) in [5, 5.41) is 0. The van der Waals surface area contributed by atoms with Crippen molar-refractivity contribution in [2.24, 2.45) is 17.8 Å². The molecule has 0 amide bonds. The Labute approximate surface area is 159 Å². The average molecular weight is 359 g/mol. The molecule has 1 nitrogen and oxygen atoms in total. The molecule has 0 saturated heterocycles. The first kappa shape index (κ1) is 19.6. The molecule has 0 bridgehead atoms. The molecule has 0 radical (unpaired) electrons. The van der Waals surface area contributed by atoms with Crippen LogP contribution in [-0.4, -0.2) is 6.61 Å². The van der Waals surface area contributed by atoms with Crippen LogP contribution >= 0.6 is 0 Å². The van der Waals surface area contributed by atoms with Crippen LogP contribution in [0, 0.1) is 23.6 Å². The number of ether oxygens (including phenoxy) is 1. The van der Waals surface area contributed by atoms with E-state index in [1.165, 1.54) is 63.4 Å². The minimum Gasteiger partial charge on any atom is -0.373 e. The van der Waals surface area contributed by atoms with Crippen LogP contribution in [-0.2, 0) is 11.3 Å². The monoisotopic (exact) mass is 358 g/mol. The molecular formula is C24H35FO. The van der Waals surface area contributed by atoms with Crippen LogP contribution in [0.25, 0.3) is 0 Å². The van der Waals surface area contributed by atoms with Gasteiger partial charge in [0.15, 0.2) is 0 Å². The molecule has 2 aliphatic carbocycles. The second-order valence-corrected chi connectivity index (χ2v) is 8.46. The van der Waals surface area contributed by atoms with Crippen LogP contribution in [0.3, 0.4) is 0 Å². The van der Waals surface area contributed by atoms with Crippen molar-refractivity contribution in [3.63, 3.8) is 0 Å². The van der Waals surface area contributed by atoms with Gasteiger partial charge in [-0.15, -0.1) is 6.58 Å². The van der Waals surface area contributed by atoms with E-state index >= 15 is 0 Å². The third kappa shape index (κ3) is 4.97. The van der Waals surface area contributed by atoms with Gasteiger partial charge in [-0.3, -0.25) is 0 Å². The smallest absolute Gasteiger partial charge is 0.129 e. The topological polar surface area (TPSA) is 9.23 Å². The van der Waals surface area contributed by atoms with Gasteiger partial charge < -0.3 is 4.74 Å². The van der Waals surface area contributed by atoms with Gasteiger partial charge in [-0.2, -0.15) is 0 Å². The Kier molecular flexibility index (Phi) is 7.31. The van der Waals surface area contributed by atoms with Crippen molar-refractivity contribution in [3.8, 4) is 0 Å². The zero-order valence-corrected chi connectivity index (χ0v) is 16.4. The predicted molar refractivity (Wildman–Crippen MR) is 107 cm³/mol. The van der Waals surface area contributed by atoms with E-state index in [4.69, 9.17) is 4.74 Å². The van der Waals surface area contributed by atoms with Crippen LogP contribution in [0.2, 0.25) is 0 Å². The molecule has 2 fully saturated rings. The lowest BCUT2D eigenvalue weighted by Gasteiger charge is -2.38. The van der Waals surface area contributed by atoms with Crippen LogP contribution in [0.5, 0.6) is 0 Å². The Morgan fingerprint density at radius 1 is 1.04 bits per heavy atom. The minimum atomic E-state index is -0.119. The van der Waals surface area contributed by atoms with Gasteiger partial charge in [0.1, 0.15) is 5.82 Å². The molecule has 2 heteroatoms. The average Bonchev–Trinajstić information content (AvgIpc) is 2.69. The highest BCUT2D eigenvalue weighted by Gasteiger charge is 2.31. The quantitative estimate of drug-likeness (QED) is 0.376. The summed E-state index contributed by atoms with van der Waals surface area (Å²) in [6, 6.07) is 5.78. The van der Waals surface area contributed by atoms with E-state index in [9.17, 15) is 4.39 Å². The Hall–Kier alpha value is -1.15. The Bertz CT molecular complexity index is 566. The van der Waals surface area contributed by atoms with Crippen molar-refractivity contribution < 1.29 is 9.13 Å². The summed E-state index contributed by atoms with van der Waals surface area (Å²) in [7, 11) is 0. The van der Waals surface area contributed by atoms with E-state index in [1.54, 1.807) is 12.1 Å². The van der Waals surface area contributed by atoms with Crippen LogP contribution in [0.15, 0.2) is 30.9 Å². The highest BCUT2D eigenvalue weighted by atomic mass is 19.1. The highest BCUT2D eigenvalue weighted by Crippen LogP contribution is 2.44. The van der Waals surface area contributed by atoms with Gasteiger partial charge in [-0.25, -0.2) is 4.39 Å². The fourth-order valence-corrected chi connectivity index (χ4v) is 5.18. The zero-order valence-electron chi connectivity index (χ0n) is 16.4. The molecule has 144 valence electrons. The summed E-state index contributed by atoms with van der Waals surface area (Å²) >= 11 is 0. The molecule has 26 heavy (non-hydrogen) atoms. The van der Waals surface area contributed by atoms with Crippen molar-refractivity contribution in [1.82, 2.24) is 0 Å². The highest BCUT2D eigenvalue weighted by molar-refractivity contribution is 5.27. The Balaban J connectivity index is 1.50. The number of rotatable bonds is 7. The van der Waals surface area contributed by atoms with E-state index in [1.807, 2.05) is 6.07 Å². The lowest BCUT2D eigenvalue weighted by molar-refractivity contribution is 0.146. The Morgan fingerprint density at radius 2 is 1.69 bits per heavy atom. The fourth-order valence-electron chi connectivity index (χ4n) is 5.18. The maximum absolute atomic E-state index is 14.4. The maximum atomic E-state index is 14.4. The van der Waals surface area contributed by atoms with Gasteiger partial charge in [-0.1, -0.05) is 44.4 Å². The molecule has 0 heterocycles. The number of benzene rings is 1. The summed E-state index contributed by atoms with van der Waals surface area (Å²) in [6.07, 6.45) is 14.0. The first-order valence-corrected chi connectivity index (χ1v) is 10.7. The summed E-state index contributed by atoms with van der Waals surface area (Å²) in [6.45, 7) is 6.75. The lowest BCUT2D eigenvalue weighted by Crippen LogP contribution is -2.25. The Morgan fingerprint density at radius 3 is 2.27 bits per heavy atom. The first-order chi connectivity index (χ1) is 12.7. The summed E-state index contributed by atoms with van der Waals surface area (Å²) < 4.78 is 19.7. The molecule has 0 atom stereocenters. The molecule has 0 unspecified atom stereocenters. The summed E-state index contributed by atoms with van der Waals surface area (Å²) in [5.74, 6) is 3.28. The normalized spacial score (nSPS) is 29.5. The van der Waals surface area contributed by atoms with E-state index < -0.39 is 0 Å². The van der Waals surface area contributed by atoms with Crippen molar-refractivity contribution >= 4 is 0 Å². The van der Waals surface area contributed by atoms with Gasteiger partial charge in [0.2, 0.25) is 0 Å². The van der Waals surface area contributed by atoms with Gasteiger partial charge in [0.25, 0.3) is 0 Å². The van der Waals surface area contributed by atoms with Crippen LogP contribution in [0.1, 0.15) is 81.8 Å². The maximum Gasteiger partial charge on any atom is 0.129 e. The molecule has 0 spiro atoms. The van der Waals surface area contributed by atoms with Crippen LogP contribution < -0.4 is 0 Å². The standard InChI is InChI=1S/C24H35FO/c1-3-15-26-17-23-14-13-22(16-24(23)25)21-11-9-20(10-12-21)19-7-5-18(4-2)6-8-19/h3,13-14,16,18-21H,1,4-12,15,17H2,2H3/t18-,19-,20-,21-. The van der Waals surface area contributed by atoms with Crippen molar-refractivity contribution in [2.75, 3.05) is 6.61 Å². The van der Waals surface area contributed by atoms with E-state index in [-0.39, 0.29) is 5.82 Å². The first-order valence-electron chi connectivity index (χ1n) is 10.7. The molecule has 2 saturated carbocycles. The SMILES string of the molecule is C=CCOCc1ccc([C@H]2CC[C@H]([C@H]3CC[C@H](CC)CC3)CC2)cc1F. The molecular weight excluding hydrogens is 323 g/mol. The fraction of sp³-hybridized carbons (Fsp3) is 0.667. The van der Waals surface area contributed by atoms with Crippen LogP contribution in [0.4, 0.5) is 4.39 Å². The summed E-state index contributed by atoms with van der Waals surface area (Å²) in [4.78, 5) is 0. The zero-order chi connectivity index (χ0) is 18.4. The number of hydrogen-bond donors (Lipinski definition) is 0. The minimum absolute atomic E-state index is 0.119. The largest absolute Gasteiger partial charge is 0.373 e. The van der Waals surface area contributed by atoms with Gasteiger partial charge in [0, 0.05) is 5.56 Å². The number of halogens is 1. The van der Waals surface area contributed by atoms with E-state index in [2.05, 4.69) is 19.6 Å². The molecule has 1 aromatic carbocycles. The molecule has 0 aliphatic heterocycles. The van der Waals surface area contributed by atoms with Crippen molar-refractivity contribution in [1.29, 1.82) is 0 Å². The van der Waals surface area contributed by atoms with Gasteiger partial charge in [0.05, 0.1) is 13.2 Å².